The number of hydrogen-bond donors (Lipinski definition) is 2. The number of para-hydroxylation sites is 1. The van der Waals surface area contributed by atoms with E-state index in [0.717, 1.165) is 0 Å². The normalized spacial score (nSPS) is 20.2. The summed E-state index contributed by atoms with van der Waals surface area (Å²) in [6.45, 7) is 1.68. The third-order valence-corrected chi connectivity index (χ3v) is 6.73. The molecule has 0 aliphatic carbocycles. The molecule has 1 fully saturated rings. The zero-order chi connectivity index (χ0) is 26.3. The first-order chi connectivity index (χ1) is 17.7. The molecular formula is C25H20N6O6. The molecule has 2 N–H and O–H groups in total. The summed E-state index contributed by atoms with van der Waals surface area (Å²) < 4.78 is 0. The van der Waals surface area contributed by atoms with E-state index in [1.165, 1.54) is 53.5 Å². The predicted octanol–water partition coefficient (Wildman–Crippen LogP) is 4.01. The van der Waals surface area contributed by atoms with Gasteiger partial charge in [-0.05, 0) is 30.2 Å². The Morgan fingerprint density at radius 1 is 0.784 bits per heavy atom. The van der Waals surface area contributed by atoms with Crippen molar-refractivity contribution in [3.05, 3.63) is 110 Å². The summed E-state index contributed by atoms with van der Waals surface area (Å²) >= 11 is 0. The maximum atomic E-state index is 14.3. The Bertz CT molecular complexity index is 1370. The van der Waals surface area contributed by atoms with Gasteiger partial charge in [0.2, 0.25) is 0 Å². The molecule has 37 heavy (non-hydrogen) atoms. The van der Waals surface area contributed by atoms with Crippen molar-refractivity contribution in [2.75, 3.05) is 5.01 Å². The zero-order valence-corrected chi connectivity index (χ0v) is 19.4. The van der Waals surface area contributed by atoms with E-state index in [4.69, 9.17) is 0 Å². The van der Waals surface area contributed by atoms with Crippen LogP contribution in [0, 0.1) is 25.6 Å². The van der Waals surface area contributed by atoms with Gasteiger partial charge in [-0.2, -0.15) is 10.1 Å². The van der Waals surface area contributed by atoms with Gasteiger partial charge < -0.3 is 10.6 Å². The second-order valence-electron chi connectivity index (χ2n) is 8.69. The quantitative estimate of drug-likeness (QED) is 0.398. The highest BCUT2D eigenvalue weighted by Gasteiger charge is 2.63. The highest BCUT2D eigenvalue weighted by atomic mass is 16.6. The number of nitrogens with zero attached hydrogens (tertiary/aromatic N) is 4. The molecule has 1 saturated heterocycles. The lowest BCUT2D eigenvalue weighted by Crippen LogP contribution is -2.63. The number of non-ortho nitro benzene ring substituents is 2. The third kappa shape index (κ3) is 3.75. The van der Waals surface area contributed by atoms with E-state index in [9.17, 15) is 29.8 Å². The van der Waals surface area contributed by atoms with Crippen LogP contribution in [0.25, 0.3) is 0 Å². The largest absolute Gasteiger partial charge is 0.330 e. The van der Waals surface area contributed by atoms with Crippen LogP contribution in [-0.4, -0.2) is 27.5 Å². The van der Waals surface area contributed by atoms with Gasteiger partial charge in [-0.1, -0.05) is 42.5 Å². The lowest BCUT2D eigenvalue weighted by molar-refractivity contribution is -0.385. The molecule has 5 rings (SSSR count). The number of urea groups is 1. The van der Waals surface area contributed by atoms with Gasteiger partial charge in [0.05, 0.1) is 33.3 Å². The first-order valence-electron chi connectivity index (χ1n) is 11.2. The SMILES string of the molecule is CC1=NN(c2ccccc2)C(=O)C12[C@H](c1ccc([N+](=O)[O-])cc1)NC(=O)N[C@H]2c1ccc([N+](=O)[O-])cc1. The number of carbonyl (C=O) groups is 2. The Labute approximate surface area is 209 Å². The van der Waals surface area contributed by atoms with Gasteiger partial charge in [0.1, 0.15) is 5.41 Å². The average Bonchev–Trinajstić information content (AvgIpc) is 3.16. The van der Waals surface area contributed by atoms with Crippen molar-refractivity contribution in [1.82, 2.24) is 10.6 Å². The second-order valence-corrected chi connectivity index (χ2v) is 8.69. The molecule has 0 saturated carbocycles. The monoisotopic (exact) mass is 500 g/mol. The van der Waals surface area contributed by atoms with Crippen molar-refractivity contribution >= 4 is 34.7 Å². The molecule has 12 nitrogen and oxygen atoms in total. The molecule has 0 radical (unpaired) electrons. The van der Waals surface area contributed by atoms with Crippen molar-refractivity contribution < 1.29 is 19.4 Å². The molecule has 0 bridgehead atoms. The topological polar surface area (TPSA) is 160 Å². The van der Waals surface area contributed by atoms with Crippen molar-refractivity contribution in [3.63, 3.8) is 0 Å². The molecule has 0 aromatic heterocycles. The molecular weight excluding hydrogens is 480 g/mol. The van der Waals surface area contributed by atoms with Gasteiger partial charge in [-0.3, -0.25) is 25.0 Å². The van der Waals surface area contributed by atoms with E-state index in [-0.39, 0.29) is 11.4 Å². The average molecular weight is 500 g/mol. The van der Waals surface area contributed by atoms with Gasteiger partial charge in [0, 0.05) is 24.3 Å². The first kappa shape index (κ1) is 23.6. The molecule has 0 unspecified atom stereocenters. The first-order valence-corrected chi connectivity index (χ1v) is 11.2. The van der Waals surface area contributed by atoms with Crippen LogP contribution in [0.15, 0.2) is 84.0 Å². The summed E-state index contributed by atoms with van der Waals surface area (Å²) in [6.07, 6.45) is 0. The number of carbonyl (C=O) groups excluding carboxylic acids is 2. The molecule has 2 heterocycles. The number of nitro groups is 2. The van der Waals surface area contributed by atoms with Gasteiger partial charge >= 0.3 is 6.03 Å². The summed E-state index contributed by atoms with van der Waals surface area (Å²) in [6, 6.07) is 17.5. The molecule has 1 spiro atoms. The van der Waals surface area contributed by atoms with Crippen molar-refractivity contribution in [2.45, 2.75) is 19.0 Å². The van der Waals surface area contributed by atoms with Crippen LogP contribution in [0.4, 0.5) is 21.9 Å². The van der Waals surface area contributed by atoms with Gasteiger partial charge in [-0.25, -0.2) is 4.79 Å². The Hall–Kier alpha value is -5.13. The van der Waals surface area contributed by atoms with Crippen LogP contribution < -0.4 is 15.6 Å². The van der Waals surface area contributed by atoms with E-state index >= 15 is 0 Å². The van der Waals surface area contributed by atoms with Crippen molar-refractivity contribution in [2.24, 2.45) is 10.5 Å². The van der Waals surface area contributed by atoms with E-state index in [1.54, 1.807) is 37.3 Å². The summed E-state index contributed by atoms with van der Waals surface area (Å²) in [4.78, 5) is 48.5. The van der Waals surface area contributed by atoms with E-state index < -0.39 is 39.3 Å². The van der Waals surface area contributed by atoms with E-state index in [0.29, 0.717) is 22.5 Å². The number of anilines is 1. The molecule has 3 aromatic rings. The summed E-state index contributed by atoms with van der Waals surface area (Å²) in [5.41, 5.74) is 0.0650. The fourth-order valence-electron chi connectivity index (χ4n) is 4.98. The van der Waals surface area contributed by atoms with Crippen LogP contribution in [0.1, 0.15) is 30.1 Å². The third-order valence-electron chi connectivity index (χ3n) is 6.73. The number of rotatable bonds is 5. The minimum Gasteiger partial charge on any atom is -0.330 e. The van der Waals surface area contributed by atoms with Crippen molar-refractivity contribution in [1.29, 1.82) is 0 Å². The lowest BCUT2D eigenvalue weighted by Gasteiger charge is -2.46. The fraction of sp³-hybridized carbons (Fsp3) is 0.160. The zero-order valence-electron chi connectivity index (χ0n) is 19.4. The number of benzene rings is 3. The Morgan fingerprint density at radius 2 is 1.24 bits per heavy atom. The van der Waals surface area contributed by atoms with Crippen LogP contribution in [0.5, 0.6) is 0 Å². The minimum absolute atomic E-state index is 0.140. The molecule has 2 atom stereocenters. The smallest absolute Gasteiger partial charge is 0.315 e. The molecule has 3 amide bonds. The standard InChI is InChI=1S/C25H20N6O6/c1-15-25(23(32)29(28-15)18-5-3-2-4-6-18)21(16-7-11-19(12-8-16)30(34)35)26-24(33)27-22(25)17-9-13-20(14-10-17)31(36)37/h2-14,21-22H,1H3,(H2,26,27,33)/t21-,22-/m0/s1. The van der Waals surface area contributed by atoms with Crippen LogP contribution in [0.2, 0.25) is 0 Å². The Balaban J connectivity index is 1.69. The van der Waals surface area contributed by atoms with Crippen LogP contribution in [0.3, 0.4) is 0 Å². The number of nitro benzene ring substituents is 2. The molecule has 186 valence electrons. The second kappa shape index (κ2) is 8.82. The van der Waals surface area contributed by atoms with Crippen LogP contribution in [-0.2, 0) is 4.79 Å². The molecule has 2 aliphatic rings. The summed E-state index contributed by atoms with van der Waals surface area (Å²) in [5, 5.41) is 33.9. The Kier molecular flexibility index (Phi) is 5.63. The maximum Gasteiger partial charge on any atom is 0.315 e. The molecule has 2 aliphatic heterocycles. The summed E-state index contributed by atoms with van der Waals surface area (Å²) in [7, 11) is 0. The summed E-state index contributed by atoms with van der Waals surface area (Å²) in [5.74, 6) is -0.435. The number of hydrazone groups is 1. The lowest BCUT2D eigenvalue weighted by atomic mass is 9.65. The van der Waals surface area contributed by atoms with Crippen LogP contribution >= 0.6 is 0 Å². The molecule has 12 heteroatoms. The minimum atomic E-state index is -1.49. The highest BCUT2D eigenvalue weighted by Crippen LogP contribution is 2.52. The predicted molar refractivity (Wildman–Crippen MR) is 133 cm³/mol. The van der Waals surface area contributed by atoms with E-state index in [1.807, 2.05) is 0 Å². The van der Waals surface area contributed by atoms with Gasteiger partial charge in [0.25, 0.3) is 17.3 Å². The van der Waals surface area contributed by atoms with Gasteiger partial charge in [0.15, 0.2) is 0 Å². The maximum absolute atomic E-state index is 14.3. The fourth-order valence-corrected chi connectivity index (χ4v) is 4.98. The van der Waals surface area contributed by atoms with Gasteiger partial charge in [-0.15, -0.1) is 0 Å². The highest BCUT2D eigenvalue weighted by molar-refractivity contribution is 6.20. The van der Waals surface area contributed by atoms with Crippen molar-refractivity contribution in [3.8, 4) is 0 Å². The number of hydrogen-bond acceptors (Lipinski definition) is 7. The number of nitrogens with one attached hydrogen (secondary N) is 2. The van der Waals surface area contributed by atoms with E-state index in [2.05, 4.69) is 15.7 Å². The number of amides is 3. The Morgan fingerprint density at radius 3 is 1.68 bits per heavy atom. The molecule has 3 aromatic carbocycles.